The molecule has 1 aromatic rings. The van der Waals surface area contributed by atoms with Crippen LogP contribution in [0.2, 0.25) is 0 Å². The van der Waals surface area contributed by atoms with Crippen LogP contribution in [0.25, 0.3) is 0 Å². The summed E-state index contributed by atoms with van der Waals surface area (Å²) in [4.78, 5) is 14.7. The monoisotopic (exact) mass is 253 g/mol. The Morgan fingerprint density at radius 3 is 3.12 bits per heavy atom. The summed E-state index contributed by atoms with van der Waals surface area (Å²) in [6.45, 7) is 0.828. The number of anilines is 2. The molecule has 1 aromatic heterocycles. The molecule has 0 aromatic carbocycles. The number of pyridine rings is 1. The number of nitrogens with two attached hydrogens (primary N) is 1. The second-order valence-corrected chi connectivity index (χ2v) is 5.39. The van der Waals surface area contributed by atoms with E-state index in [1.807, 2.05) is 11.8 Å². The zero-order chi connectivity index (χ0) is 12.3. The van der Waals surface area contributed by atoms with Crippen molar-refractivity contribution in [2.45, 2.75) is 18.1 Å². The van der Waals surface area contributed by atoms with Crippen molar-refractivity contribution in [2.24, 2.45) is 0 Å². The predicted octanol–water partition coefficient (Wildman–Crippen LogP) is 1.67. The van der Waals surface area contributed by atoms with Crippen LogP contribution >= 0.6 is 11.8 Å². The molecule has 17 heavy (non-hydrogen) atoms. The fourth-order valence-corrected chi connectivity index (χ4v) is 2.96. The van der Waals surface area contributed by atoms with Gasteiger partial charge in [0.1, 0.15) is 5.82 Å². The predicted molar refractivity (Wildman–Crippen MR) is 69.6 cm³/mol. The molecule has 1 fully saturated rings. The molecular formula is C11H15N3O2S. The maximum atomic E-state index is 10.7. The van der Waals surface area contributed by atoms with Crippen LogP contribution in [-0.2, 0) is 0 Å². The minimum atomic E-state index is -1.01. The molecule has 1 unspecified atom stereocenters. The molecule has 0 bridgehead atoms. The largest absolute Gasteiger partial charge is 0.478 e. The third-order valence-electron chi connectivity index (χ3n) is 2.69. The third kappa shape index (κ3) is 3.03. The lowest BCUT2D eigenvalue weighted by molar-refractivity contribution is 0.0696. The van der Waals surface area contributed by atoms with E-state index < -0.39 is 5.97 Å². The van der Waals surface area contributed by atoms with E-state index in [2.05, 4.69) is 10.3 Å². The summed E-state index contributed by atoms with van der Waals surface area (Å²) in [6, 6.07) is 1.43. The maximum Gasteiger partial charge on any atom is 0.337 e. The van der Waals surface area contributed by atoms with Gasteiger partial charge in [-0.25, -0.2) is 9.78 Å². The van der Waals surface area contributed by atoms with Crippen molar-refractivity contribution in [3.8, 4) is 0 Å². The third-order valence-corrected chi connectivity index (χ3v) is 4.08. The van der Waals surface area contributed by atoms with Gasteiger partial charge in [0.25, 0.3) is 0 Å². The molecule has 0 spiro atoms. The van der Waals surface area contributed by atoms with Crippen molar-refractivity contribution in [3.05, 3.63) is 17.8 Å². The Bertz CT molecular complexity index is 419. The number of nitrogen functional groups attached to an aromatic ring is 1. The number of carboxylic acid groups (broad SMARTS) is 1. The molecule has 1 saturated heterocycles. The molecule has 6 heteroatoms. The lowest BCUT2D eigenvalue weighted by Crippen LogP contribution is -2.15. The Morgan fingerprint density at radius 1 is 1.71 bits per heavy atom. The molecule has 5 nitrogen and oxygen atoms in total. The van der Waals surface area contributed by atoms with E-state index in [0.29, 0.717) is 16.8 Å². The van der Waals surface area contributed by atoms with Crippen LogP contribution in [0.5, 0.6) is 0 Å². The average molecular weight is 253 g/mol. The van der Waals surface area contributed by atoms with E-state index in [9.17, 15) is 4.79 Å². The van der Waals surface area contributed by atoms with Gasteiger partial charge < -0.3 is 16.2 Å². The van der Waals surface area contributed by atoms with Crippen molar-refractivity contribution >= 4 is 29.2 Å². The van der Waals surface area contributed by atoms with Crippen LogP contribution in [0.4, 0.5) is 11.5 Å². The highest BCUT2D eigenvalue weighted by molar-refractivity contribution is 8.00. The first-order chi connectivity index (χ1) is 8.16. The minimum Gasteiger partial charge on any atom is -0.478 e. The minimum absolute atomic E-state index is 0.114. The van der Waals surface area contributed by atoms with E-state index in [0.717, 1.165) is 6.54 Å². The number of nitrogens with zero attached hydrogens (tertiary/aromatic N) is 1. The Hall–Kier alpha value is -1.43. The van der Waals surface area contributed by atoms with Crippen molar-refractivity contribution < 1.29 is 9.90 Å². The number of carbonyl (C=O) groups is 1. The average Bonchev–Trinajstić information content (AvgIpc) is 2.80. The summed E-state index contributed by atoms with van der Waals surface area (Å²) >= 11 is 1.95. The maximum absolute atomic E-state index is 10.7. The zero-order valence-electron chi connectivity index (χ0n) is 9.35. The van der Waals surface area contributed by atoms with Gasteiger partial charge in [-0.05, 0) is 24.7 Å². The standard InChI is InChI=1S/C11H15N3O2S/c12-9-4-7(11(15)16)5-13-10(9)14-6-8-2-1-3-17-8/h4-5,8H,1-3,6,12H2,(H,13,14)(H,15,16). The second-order valence-electron chi connectivity index (χ2n) is 3.98. The lowest BCUT2D eigenvalue weighted by atomic mass is 10.2. The normalized spacial score (nSPS) is 19.2. The number of nitrogens with one attached hydrogen (secondary N) is 1. The van der Waals surface area contributed by atoms with Crippen molar-refractivity contribution in [1.29, 1.82) is 0 Å². The molecule has 0 saturated carbocycles. The number of aromatic nitrogens is 1. The molecular weight excluding hydrogens is 238 g/mol. The van der Waals surface area contributed by atoms with Gasteiger partial charge >= 0.3 is 5.97 Å². The van der Waals surface area contributed by atoms with Gasteiger partial charge in [-0.15, -0.1) is 0 Å². The highest BCUT2D eigenvalue weighted by Crippen LogP contribution is 2.26. The van der Waals surface area contributed by atoms with E-state index in [1.165, 1.54) is 30.9 Å². The zero-order valence-corrected chi connectivity index (χ0v) is 10.2. The second kappa shape index (κ2) is 5.27. The SMILES string of the molecule is Nc1cc(C(=O)O)cnc1NCC1CCCS1. The first-order valence-corrected chi connectivity index (χ1v) is 6.56. The van der Waals surface area contributed by atoms with Crippen LogP contribution < -0.4 is 11.1 Å². The van der Waals surface area contributed by atoms with Gasteiger partial charge in [-0.1, -0.05) is 0 Å². The van der Waals surface area contributed by atoms with Crippen LogP contribution in [-0.4, -0.2) is 33.6 Å². The molecule has 2 heterocycles. The molecule has 1 aliphatic rings. The Kier molecular flexibility index (Phi) is 3.73. The molecule has 1 atom stereocenters. The number of carboxylic acids is 1. The van der Waals surface area contributed by atoms with Gasteiger partial charge in [0.05, 0.1) is 11.3 Å². The van der Waals surface area contributed by atoms with Crippen LogP contribution in [0, 0.1) is 0 Å². The Morgan fingerprint density at radius 2 is 2.53 bits per heavy atom. The van der Waals surface area contributed by atoms with Gasteiger partial charge in [-0.3, -0.25) is 0 Å². The Labute approximate surface area is 104 Å². The van der Waals surface area contributed by atoms with Crippen molar-refractivity contribution in [1.82, 2.24) is 4.98 Å². The highest BCUT2D eigenvalue weighted by Gasteiger charge is 2.16. The van der Waals surface area contributed by atoms with E-state index >= 15 is 0 Å². The quantitative estimate of drug-likeness (QED) is 0.756. The van der Waals surface area contributed by atoms with Gasteiger partial charge in [0.15, 0.2) is 0 Å². The van der Waals surface area contributed by atoms with Crippen molar-refractivity contribution in [2.75, 3.05) is 23.3 Å². The smallest absolute Gasteiger partial charge is 0.337 e. The van der Waals surface area contributed by atoms with E-state index in [4.69, 9.17) is 10.8 Å². The fraction of sp³-hybridized carbons (Fsp3) is 0.455. The summed E-state index contributed by atoms with van der Waals surface area (Å²) in [5.41, 5.74) is 6.25. The number of hydrogen-bond acceptors (Lipinski definition) is 5. The van der Waals surface area contributed by atoms with Gasteiger partial charge in [-0.2, -0.15) is 11.8 Å². The first-order valence-electron chi connectivity index (χ1n) is 5.51. The number of thioether (sulfide) groups is 1. The van der Waals surface area contributed by atoms with Gasteiger partial charge in [0, 0.05) is 18.0 Å². The lowest BCUT2D eigenvalue weighted by Gasteiger charge is -2.12. The number of rotatable bonds is 4. The summed E-state index contributed by atoms with van der Waals surface area (Å²) < 4.78 is 0. The summed E-state index contributed by atoms with van der Waals surface area (Å²) in [6.07, 6.45) is 3.80. The van der Waals surface area contributed by atoms with Gasteiger partial charge in [0.2, 0.25) is 0 Å². The fourth-order valence-electron chi connectivity index (χ4n) is 1.76. The molecule has 4 N–H and O–H groups in total. The summed E-state index contributed by atoms with van der Waals surface area (Å²) in [7, 11) is 0. The summed E-state index contributed by atoms with van der Waals surface area (Å²) in [5, 5.41) is 12.6. The molecule has 92 valence electrons. The number of hydrogen-bond donors (Lipinski definition) is 3. The molecule has 0 aliphatic carbocycles. The number of aromatic carboxylic acids is 1. The highest BCUT2D eigenvalue weighted by atomic mass is 32.2. The van der Waals surface area contributed by atoms with E-state index in [1.54, 1.807) is 0 Å². The molecule has 1 aliphatic heterocycles. The van der Waals surface area contributed by atoms with Crippen LogP contribution in [0.15, 0.2) is 12.3 Å². The van der Waals surface area contributed by atoms with Crippen LogP contribution in [0.1, 0.15) is 23.2 Å². The Balaban J connectivity index is 1.98. The molecule has 0 radical (unpaired) electrons. The van der Waals surface area contributed by atoms with E-state index in [-0.39, 0.29) is 5.56 Å². The first kappa shape index (κ1) is 12.0. The summed E-state index contributed by atoms with van der Waals surface area (Å²) in [5.74, 6) is 0.775. The molecule has 2 rings (SSSR count). The molecule has 0 amide bonds. The van der Waals surface area contributed by atoms with Crippen LogP contribution in [0.3, 0.4) is 0 Å². The van der Waals surface area contributed by atoms with Crippen molar-refractivity contribution in [3.63, 3.8) is 0 Å². The topological polar surface area (TPSA) is 88.2 Å².